The smallest absolute Gasteiger partial charge is 0.238 e. The molecule has 0 bridgehead atoms. The topological polar surface area (TPSA) is 77.2 Å². The fraction of sp³-hybridized carbons (Fsp3) is 0.300. The van der Waals surface area contributed by atoms with E-state index in [2.05, 4.69) is 0 Å². The molecular formula is C10H13NO3S. The Labute approximate surface area is 89.2 Å². The lowest BCUT2D eigenvalue weighted by molar-refractivity contribution is -0.111. The van der Waals surface area contributed by atoms with Gasteiger partial charge >= 0.3 is 0 Å². The van der Waals surface area contributed by atoms with Gasteiger partial charge in [-0.2, -0.15) is 0 Å². The Kier molecular flexibility index (Phi) is 2.97. The van der Waals surface area contributed by atoms with E-state index in [9.17, 15) is 13.2 Å². The van der Waals surface area contributed by atoms with Gasteiger partial charge in [-0.25, -0.2) is 13.6 Å². The second-order valence-corrected chi connectivity index (χ2v) is 5.47. The highest BCUT2D eigenvalue weighted by atomic mass is 32.2. The van der Waals surface area contributed by atoms with Crippen molar-refractivity contribution in [2.45, 2.75) is 24.2 Å². The molecule has 0 unspecified atom stereocenters. The molecule has 0 amide bonds. The zero-order valence-electron chi connectivity index (χ0n) is 8.60. The lowest BCUT2D eigenvalue weighted by atomic mass is 9.87. The summed E-state index contributed by atoms with van der Waals surface area (Å²) in [7, 11) is -3.66. The molecule has 0 saturated heterocycles. The molecule has 0 aliphatic rings. The van der Waals surface area contributed by atoms with E-state index >= 15 is 0 Å². The Morgan fingerprint density at radius 1 is 1.20 bits per heavy atom. The molecule has 4 nitrogen and oxygen atoms in total. The van der Waals surface area contributed by atoms with E-state index in [1.54, 1.807) is 26.0 Å². The van der Waals surface area contributed by atoms with E-state index in [1.807, 2.05) is 0 Å². The molecule has 15 heavy (non-hydrogen) atoms. The Morgan fingerprint density at radius 3 is 2.00 bits per heavy atom. The third kappa shape index (κ3) is 2.64. The molecule has 1 rings (SSSR count). The van der Waals surface area contributed by atoms with Crippen molar-refractivity contribution in [3.63, 3.8) is 0 Å². The third-order valence-electron chi connectivity index (χ3n) is 2.22. The molecule has 0 saturated carbocycles. The first-order valence-electron chi connectivity index (χ1n) is 4.37. The van der Waals surface area contributed by atoms with Gasteiger partial charge in [0.05, 0.1) is 4.90 Å². The molecular weight excluding hydrogens is 214 g/mol. The van der Waals surface area contributed by atoms with Crippen LogP contribution in [0.25, 0.3) is 0 Å². The number of benzene rings is 1. The zero-order chi connectivity index (χ0) is 11.7. The van der Waals surface area contributed by atoms with Crippen molar-refractivity contribution in [2.24, 2.45) is 5.14 Å². The average Bonchev–Trinajstić information content (AvgIpc) is 2.17. The largest absolute Gasteiger partial charge is 0.302 e. The van der Waals surface area contributed by atoms with Crippen LogP contribution in [0.5, 0.6) is 0 Å². The first-order chi connectivity index (χ1) is 6.77. The zero-order valence-corrected chi connectivity index (χ0v) is 9.41. The minimum atomic E-state index is -3.66. The van der Waals surface area contributed by atoms with Crippen LogP contribution in [-0.2, 0) is 20.2 Å². The lowest BCUT2D eigenvalue weighted by Gasteiger charge is -2.17. The lowest BCUT2D eigenvalue weighted by Crippen LogP contribution is -2.19. The van der Waals surface area contributed by atoms with Crippen LogP contribution in [0.15, 0.2) is 29.2 Å². The number of nitrogens with two attached hydrogens (primary N) is 1. The van der Waals surface area contributed by atoms with Crippen LogP contribution in [0, 0.1) is 0 Å². The van der Waals surface area contributed by atoms with Gasteiger partial charge in [0.25, 0.3) is 0 Å². The molecule has 0 spiro atoms. The van der Waals surface area contributed by atoms with Crippen molar-refractivity contribution < 1.29 is 13.2 Å². The van der Waals surface area contributed by atoms with Gasteiger partial charge in [0.15, 0.2) is 0 Å². The quantitative estimate of drug-likeness (QED) is 0.776. The Hall–Kier alpha value is -1.20. The molecule has 0 atom stereocenters. The maximum absolute atomic E-state index is 11.0. The SMILES string of the molecule is CC(C)(C=O)c1ccc(S(N)(=O)=O)cc1. The molecule has 0 aromatic heterocycles. The van der Waals surface area contributed by atoms with Gasteiger partial charge in [-0.15, -0.1) is 0 Å². The van der Waals surface area contributed by atoms with E-state index in [-0.39, 0.29) is 4.90 Å². The highest BCUT2D eigenvalue weighted by molar-refractivity contribution is 7.89. The summed E-state index contributed by atoms with van der Waals surface area (Å²) in [6, 6.07) is 5.98. The van der Waals surface area contributed by atoms with Crippen LogP contribution in [0.3, 0.4) is 0 Å². The summed E-state index contributed by atoms with van der Waals surface area (Å²) in [6.07, 6.45) is 0.818. The van der Waals surface area contributed by atoms with Gasteiger partial charge in [-0.05, 0) is 31.5 Å². The Morgan fingerprint density at radius 2 is 1.67 bits per heavy atom. The minimum absolute atomic E-state index is 0.0490. The van der Waals surface area contributed by atoms with Crippen molar-refractivity contribution in [1.29, 1.82) is 0 Å². The van der Waals surface area contributed by atoms with Gasteiger partial charge in [-0.1, -0.05) is 12.1 Å². The van der Waals surface area contributed by atoms with E-state index in [0.717, 1.165) is 11.8 Å². The molecule has 0 aliphatic heterocycles. The van der Waals surface area contributed by atoms with Crippen LogP contribution >= 0.6 is 0 Å². The fourth-order valence-electron chi connectivity index (χ4n) is 1.14. The summed E-state index contributed by atoms with van der Waals surface area (Å²) < 4.78 is 21.9. The molecule has 0 heterocycles. The predicted molar refractivity (Wildman–Crippen MR) is 56.9 cm³/mol. The minimum Gasteiger partial charge on any atom is -0.302 e. The van der Waals surface area contributed by atoms with Crippen molar-refractivity contribution >= 4 is 16.3 Å². The van der Waals surface area contributed by atoms with Gasteiger partial charge in [-0.3, -0.25) is 0 Å². The normalized spacial score (nSPS) is 12.5. The number of hydrogen-bond donors (Lipinski definition) is 1. The highest BCUT2D eigenvalue weighted by Crippen LogP contribution is 2.21. The summed E-state index contributed by atoms with van der Waals surface area (Å²) in [5.41, 5.74) is 0.140. The van der Waals surface area contributed by atoms with Crippen LogP contribution in [0.4, 0.5) is 0 Å². The number of sulfonamides is 1. The molecule has 1 aromatic rings. The third-order valence-corrected chi connectivity index (χ3v) is 3.15. The summed E-state index contributed by atoms with van der Waals surface area (Å²) in [5.74, 6) is 0. The molecule has 82 valence electrons. The van der Waals surface area contributed by atoms with Crippen LogP contribution in [-0.4, -0.2) is 14.7 Å². The number of aldehydes is 1. The van der Waals surface area contributed by atoms with Crippen molar-refractivity contribution in [1.82, 2.24) is 0 Å². The maximum atomic E-state index is 11.0. The second kappa shape index (κ2) is 3.75. The summed E-state index contributed by atoms with van der Waals surface area (Å²) in [5, 5.41) is 4.95. The monoisotopic (exact) mass is 227 g/mol. The summed E-state index contributed by atoms with van der Waals surface area (Å²) >= 11 is 0. The first-order valence-corrected chi connectivity index (χ1v) is 5.92. The molecule has 0 fully saturated rings. The van der Waals surface area contributed by atoms with Gasteiger partial charge in [0.2, 0.25) is 10.0 Å². The van der Waals surface area contributed by atoms with E-state index in [1.165, 1.54) is 12.1 Å². The number of carbonyl (C=O) groups excluding carboxylic acids is 1. The average molecular weight is 227 g/mol. The van der Waals surface area contributed by atoms with E-state index < -0.39 is 15.4 Å². The van der Waals surface area contributed by atoms with Gasteiger partial charge < -0.3 is 4.79 Å². The van der Waals surface area contributed by atoms with Crippen LogP contribution in [0.2, 0.25) is 0 Å². The number of hydrogen-bond acceptors (Lipinski definition) is 3. The Bertz CT molecular complexity index is 460. The molecule has 5 heteroatoms. The summed E-state index contributed by atoms with van der Waals surface area (Å²) in [4.78, 5) is 10.8. The predicted octanol–water partition coefficient (Wildman–Crippen LogP) is 0.810. The first kappa shape index (κ1) is 11.9. The highest BCUT2D eigenvalue weighted by Gasteiger charge is 2.19. The second-order valence-electron chi connectivity index (χ2n) is 3.91. The molecule has 0 radical (unpaired) electrons. The number of rotatable bonds is 3. The Balaban J connectivity index is 3.17. The standard InChI is InChI=1S/C10H13NO3S/c1-10(2,7-12)8-3-5-9(6-4-8)15(11,13)14/h3-7H,1-2H3,(H2,11,13,14). The van der Waals surface area contributed by atoms with Crippen molar-refractivity contribution in [3.8, 4) is 0 Å². The van der Waals surface area contributed by atoms with Gasteiger partial charge in [0.1, 0.15) is 6.29 Å². The maximum Gasteiger partial charge on any atom is 0.238 e. The molecule has 2 N–H and O–H groups in total. The van der Waals surface area contributed by atoms with Crippen LogP contribution in [0.1, 0.15) is 19.4 Å². The van der Waals surface area contributed by atoms with Crippen molar-refractivity contribution in [3.05, 3.63) is 29.8 Å². The molecule has 0 aliphatic carbocycles. The van der Waals surface area contributed by atoms with Crippen molar-refractivity contribution in [2.75, 3.05) is 0 Å². The summed E-state index contributed by atoms with van der Waals surface area (Å²) in [6.45, 7) is 3.51. The van der Waals surface area contributed by atoms with Crippen LogP contribution < -0.4 is 5.14 Å². The number of carbonyl (C=O) groups is 1. The van der Waals surface area contributed by atoms with Gasteiger partial charge in [0, 0.05) is 5.41 Å². The molecule has 1 aromatic carbocycles. The number of primary sulfonamides is 1. The van der Waals surface area contributed by atoms with E-state index in [4.69, 9.17) is 5.14 Å². The van der Waals surface area contributed by atoms with E-state index in [0.29, 0.717) is 0 Å². The fourth-order valence-corrected chi connectivity index (χ4v) is 1.66.